The third kappa shape index (κ3) is 2.62. The quantitative estimate of drug-likeness (QED) is 0.610. The number of morpholine rings is 1. The minimum Gasteiger partial charge on any atom is -0.467 e. The van der Waals surface area contributed by atoms with Gasteiger partial charge in [-0.15, -0.1) is 0 Å². The van der Waals surface area contributed by atoms with Crippen molar-refractivity contribution in [3.63, 3.8) is 0 Å². The number of carbonyl (C=O) groups is 2. The first-order chi connectivity index (χ1) is 9.54. The summed E-state index contributed by atoms with van der Waals surface area (Å²) < 4.78 is 9.73. The van der Waals surface area contributed by atoms with E-state index in [9.17, 15) is 19.2 Å². The van der Waals surface area contributed by atoms with Crippen molar-refractivity contribution in [3.8, 4) is 0 Å². The molecule has 0 radical (unpaired) electrons. The summed E-state index contributed by atoms with van der Waals surface area (Å²) in [6, 6.07) is -0.910. The molecule has 1 aromatic heterocycles. The van der Waals surface area contributed by atoms with E-state index < -0.39 is 29.2 Å². The number of esters is 1. The average molecular weight is 283 g/mol. The summed E-state index contributed by atoms with van der Waals surface area (Å²) in [6.07, 6.45) is 1.02. The van der Waals surface area contributed by atoms with Crippen LogP contribution in [0.2, 0.25) is 0 Å². The van der Waals surface area contributed by atoms with E-state index in [-0.39, 0.29) is 25.3 Å². The van der Waals surface area contributed by atoms with Crippen LogP contribution < -0.4 is 11.2 Å². The standard InChI is InChI=1S/C11H13N3O6/c1-19-10(17)7-5-20-3-2-14(7)9(16)6-4-12-11(18)13-8(6)15/h4,7H,2-3,5H2,1H3,(H2,12,13,15,18). The van der Waals surface area contributed by atoms with Crippen LogP contribution in [0.4, 0.5) is 0 Å². The van der Waals surface area contributed by atoms with Crippen LogP contribution in [-0.4, -0.2) is 59.7 Å². The summed E-state index contributed by atoms with van der Waals surface area (Å²) in [5, 5.41) is 0. The Morgan fingerprint density at radius 2 is 2.20 bits per heavy atom. The Morgan fingerprint density at radius 3 is 2.85 bits per heavy atom. The minimum absolute atomic E-state index is 0.000326. The van der Waals surface area contributed by atoms with Crippen LogP contribution in [-0.2, 0) is 14.3 Å². The zero-order valence-electron chi connectivity index (χ0n) is 10.7. The maximum absolute atomic E-state index is 12.3. The fourth-order valence-electron chi connectivity index (χ4n) is 1.90. The molecule has 1 aliphatic rings. The van der Waals surface area contributed by atoms with Crippen LogP contribution in [0.3, 0.4) is 0 Å². The lowest BCUT2D eigenvalue weighted by Crippen LogP contribution is -2.54. The van der Waals surface area contributed by atoms with Crippen LogP contribution in [0, 0.1) is 0 Å². The third-order valence-electron chi connectivity index (χ3n) is 2.91. The fourth-order valence-corrected chi connectivity index (χ4v) is 1.90. The molecule has 0 bridgehead atoms. The lowest BCUT2D eigenvalue weighted by atomic mass is 10.2. The van der Waals surface area contributed by atoms with Gasteiger partial charge in [-0.3, -0.25) is 14.6 Å². The van der Waals surface area contributed by atoms with Gasteiger partial charge >= 0.3 is 11.7 Å². The number of amides is 1. The van der Waals surface area contributed by atoms with Gasteiger partial charge in [0.2, 0.25) is 0 Å². The largest absolute Gasteiger partial charge is 0.467 e. The number of nitrogens with one attached hydrogen (secondary N) is 2. The molecule has 20 heavy (non-hydrogen) atoms. The predicted molar refractivity (Wildman–Crippen MR) is 65.3 cm³/mol. The molecule has 1 saturated heterocycles. The van der Waals surface area contributed by atoms with Gasteiger partial charge in [0.05, 0.1) is 20.3 Å². The molecule has 2 N–H and O–H groups in total. The van der Waals surface area contributed by atoms with Crippen molar-refractivity contribution in [3.05, 3.63) is 32.6 Å². The van der Waals surface area contributed by atoms with Gasteiger partial charge in [0.25, 0.3) is 11.5 Å². The second kappa shape index (κ2) is 5.70. The molecule has 1 amide bonds. The van der Waals surface area contributed by atoms with E-state index in [1.165, 1.54) is 12.0 Å². The van der Waals surface area contributed by atoms with Crippen molar-refractivity contribution in [1.29, 1.82) is 0 Å². The first-order valence-corrected chi connectivity index (χ1v) is 5.83. The number of hydrogen-bond donors (Lipinski definition) is 2. The van der Waals surface area contributed by atoms with Crippen molar-refractivity contribution in [2.45, 2.75) is 6.04 Å². The summed E-state index contributed by atoms with van der Waals surface area (Å²) in [6.45, 7) is 0.400. The number of ether oxygens (including phenoxy) is 2. The summed E-state index contributed by atoms with van der Waals surface area (Å²) >= 11 is 0. The number of rotatable bonds is 2. The maximum Gasteiger partial charge on any atom is 0.331 e. The molecular weight excluding hydrogens is 270 g/mol. The van der Waals surface area contributed by atoms with E-state index >= 15 is 0 Å². The Hall–Kier alpha value is -2.42. The molecular formula is C11H13N3O6. The maximum atomic E-state index is 12.3. The third-order valence-corrected chi connectivity index (χ3v) is 2.91. The Labute approximate surface area is 112 Å². The van der Waals surface area contributed by atoms with Gasteiger partial charge in [-0.25, -0.2) is 9.59 Å². The second-order valence-corrected chi connectivity index (χ2v) is 4.10. The molecule has 1 fully saturated rings. The molecule has 0 spiro atoms. The van der Waals surface area contributed by atoms with Gasteiger partial charge in [-0.1, -0.05) is 0 Å². The van der Waals surface area contributed by atoms with Crippen LogP contribution in [0.15, 0.2) is 15.8 Å². The van der Waals surface area contributed by atoms with Crippen LogP contribution in [0.25, 0.3) is 0 Å². The normalized spacial score (nSPS) is 18.6. The lowest BCUT2D eigenvalue weighted by molar-refractivity contribution is -0.151. The van der Waals surface area contributed by atoms with Crippen molar-refractivity contribution in [2.75, 3.05) is 26.9 Å². The SMILES string of the molecule is COC(=O)C1COCCN1C(=O)c1c[nH]c(=O)[nH]c1=O. The number of hydrogen-bond acceptors (Lipinski definition) is 6. The molecule has 1 unspecified atom stereocenters. The summed E-state index contributed by atoms with van der Waals surface area (Å²) in [4.78, 5) is 51.8. The number of aromatic nitrogens is 2. The molecule has 1 aliphatic heterocycles. The highest BCUT2D eigenvalue weighted by atomic mass is 16.5. The molecule has 1 atom stereocenters. The molecule has 0 saturated carbocycles. The number of nitrogens with zero attached hydrogens (tertiary/aromatic N) is 1. The molecule has 2 heterocycles. The summed E-state index contributed by atoms with van der Waals surface area (Å²) in [5.74, 6) is -1.29. The molecule has 9 heteroatoms. The lowest BCUT2D eigenvalue weighted by Gasteiger charge is -2.33. The number of methoxy groups -OCH3 is 1. The van der Waals surface area contributed by atoms with Gasteiger partial charge in [0, 0.05) is 12.7 Å². The molecule has 108 valence electrons. The molecule has 9 nitrogen and oxygen atoms in total. The Balaban J connectivity index is 2.32. The fraction of sp³-hybridized carbons (Fsp3) is 0.455. The van der Waals surface area contributed by atoms with Gasteiger partial charge in [0.15, 0.2) is 6.04 Å². The highest BCUT2D eigenvalue weighted by molar-refractivity contribution is 5.96. The van der Waals surface area contributed by atoms with Crippen molar-refractivity contribution < 1.29 is 19.1 Å². The van der Waals surface area contributed by atoms with E-state index in [4.69, 9.17) is 4.74 Å². The minimum atomic E-state index is -0.910. The Kier molecular flexibility index (Phi) is 3.99. The molecule has 0 aliphatic carbocycles. The van der Waals surface area contributed by atoms with Crippen molar-refractivity contribution >= 4 is 11.9 Å². The van der Waals surface area contributed by atoms with E-state index in [1.807, 2.05) is 4.98 Å². The summed E-state index contributed by atoms with van der Waals surface area (Å²) in [5.41, 5.74) is -1.77. The number of H-pyrrole nitrogens is 2. The monoisotopic (exact) mass is 283 g/mol. The summed E-state index contributed by atoms with van der Waals surface area (Å²) in [7, 11) is 1.20. The van der Waals surface area contributed by atoms with Gasteiger partial charge < -0.3 is 19.4 Å². The highest BCUT2D eigenvalue weighted by Crippen LogP contribution is 2.11. The topological polar surface area (TPSA) is 122 Å². The van der Waals surface area contributed by atoms with Gasteiger partial charge in [-0.05, 0) is 0 Å². The molecule has 0 aromatic carbocycles. The Bertz CT molecular complexity index is 634. The van der Waals surface area contributed by atoms with Gasteiger partial charge in [0.1, 0.15) is 5.56 Å². The Morgan fingerprint density at radius 1 is 1.45 bits per heavy atom. The van der Waals surface area contributed by atoms with Crippen LogP contribution in [0.5, 0.6) is 0 Å². The first-order valence-electron chi connectivity index (χ1n) is 5.83. The highest BCUT2D eigenvalue weighted by Gasteiger charge is 2.35. The zero-order valence-corrected chi connectivity index (χ0v) is 10.7. The van der Waals surface area contributed by atoms with Crippen LogP contribution >= 0.6 is 0 Å². The van der Waals surface area contributed by atoms with E-state index in [1.54, 1.807) is 0 Å². The molecule has 2 rings (SSSR count). The first kappa shape index (κ1) is 14.0. The number of carbonyl (C=O) groups excluding carboxylic acids is 2. The smallest absolute Gasteiger partial charge is 0.331 e. The van der Waals surface area contributed by atoms with Crippen LogP contribution in [0.1, 0.15) is 10.4 Å². The van der Waals surface area contributed by atoms with Crippen molar-refractivity contribution in [2.24, 2.45) is 0 Å². The average Bonchev–Trinajstić information content (AvgIpc) is 2.46. The van der Waals surface area contributed by atoms with Gasteiger partial charge in [-0.2, -0.15) is 0 Å². The van der Waals surface area contributed by atoms with E-state index in [0.717, 1.165) is 6.20 Å². The predicted octanol–water partition coefficient (Wildman–Crippen LogP) is -1.92. The number of aromatic amines is 2. The zero-order chi connectivity index (χ0) is 14.7. The second-order valence-electron chi connectivity index (χ2n) is 4.10. The van der Waals surface area contributed by atoms with E-state index in [2.05, 4.69) is 9.72 Å². The molecule has 1 aromatic rings. The van der Waals surface area contributed by atoms with Crippen molar-refractivity contribution in [1.82, 2.24) is 14.9 Å². The van der Waals surface area contributed by atoms with E-state index in [0.29, 0.717) is 0 Å².